The van der Waals surface area contributed by atoms with Gasteiger partial charge in [-0.25, -0.2) is 0 Å². The highest BCUT2D eigenvalue weighted by atomic mass is 16.5. The minimum absolute atomic E-state index is 0.0588. The van der Waals surface area contributed by atoms with Crippen molar-refractivity contribution in [3.8, 4) is 0 Å². The van der Waals surface area contributed by atoms with Crippen molar-refractivity contribution in [3.63, 3.8) is 0 Å². The number of ether oxygens (including phenoxy) is 1. The predicted octanol–water partition coefficient (Wildman–Crippen LogP) is 3.98. The minimum atomic E-state index is 0.0588. The summed E-state index contributed by atoms with van der Waals surface area (Å²) in [6.07, 6.45) is 0.530. The molecule has 1 aliphatic heterocycles. The Bertz CT molecular complexity index is 482. The van der Waals surface area contributed by atoms with Crippen molar-refractivity contribution in [2.75, 3.05) is 0 Å². The standard InChI is InChI=1S/C18H29NO/c1-9-8-10(2)12(4)16(11(9)3)18(19)17-13(5)14(6)20-15(17)7/h8,13-15,17-18H,19H2,1-7H3. The van der Waals surface area contributed by atoms with Gasteiger partial charge in [0.2, 0.25) is 0 Å². The van der Waals surface area contributed by atoms with Crippen molar-refractivity contribution in [2.24, 2.45) is 17.6 Å². The molecule has 5 unspecified atom stereocenters. The fraction of sp³-hybridized carbons (Fsp3) is 0.667. The van der Waals surface area contributed by atoms with E-state index in [-0.39, 0.29) is 12.1 Å². The number of hydrogen-bond donors (Lipinski definition) is 1. The average molecular weight is 275 g/mol. The summed E-state index contributed by atoms with van der Waals surface area (Å²) >= 11 is 0. The summed E-state index contributed by atoms with van der Waals surface area (Å²) in [5.74, 6) is 0.892. The second kappa shape index (κ2) is 5.50. The summed E-state index contributed by atoms with van der Waals surface area (Å²) < 4.78 is 5.99. The van der Waals surface area contributed by atoms with Gasteiger partial charge in [-0.3, -0.25) is 0 Å². The second-order valence-corrected chi connectivity index (χ2v) is 6.68. The first kappa shape index (κ1) is 15.5. The van der Waals surface area contributed by atoms with Crippen molar-refractivity contribution in [1.82, 2.24) is 0 Å². The van der Waals surface area contributed by atoms with E-state index in [1.54, 1.807) is 0 Å². The molecule has 0 aliphatic carbocycles. The van der Waals surface area contributed by atoms with Gasteiger partial charge < -0.3 is 10.5 Å². The number of rotatable bonds is 2. The molecule has 0 amide bonds. The van der Waals surface area contributed by atoms with Crippen LogP contribution in [0.3, 0.4) is 0 Å². The maximum Gasteiger partial charge on any atom is 0.0600 e. The van der Waals surface area contributed by atoms with Crippen LogP contribution in [0.15, 0.2) is 6.07 Å². The molecule has 1 aromatic rings. The zero-order valence-corrected chi connectivity index (χ0v) is 13.9. The Kier molecular flexibility index (Phi) is 4.27. The van der Waals surface area contributed by atoms with E-state index in [9.17, 15) is 0 Å². The van der Waals surface area contributed by atoms with Gasteiger partial charge in [0.25, 0.3) is 0 Å². The molecule has 2 nitrogen and oxygen atoms in total. The molecule has 0 spiro atoms. The smallest absolute Gasteiger partial charge is 0.0600 e. The van der Waals surface area contributed by atoms with Crippen LogP contribution in [-0.4, -0.2) is 12.2 Å². The van der Waals surface area contributed by atoms with E-state index in [1.807, 2.05) is 0 Å². The van der Waals surface area contributed by atoms with Crippen molar-refractivity contribution in [2.45, 2.75) is 66.7 Å². The zero-order chi connectivity index (χ0) is 15.2. The summed E-state index contributed by atoms with van der Waals surface area (Å²) in [5.41, 5.74) is 13.4. The van der Waals surface area contributed by atoms with Crippen LogP contribution in [0.1, 0.15) is 54.6 Å². The van der Waals surface area contributed by atoms with E-state index in [2.05, 4.69) is 54.5 Å². The first-order valence-electron chi connectivity index (χ1n) is 7.74. The van der Waals surface area contributed by atoms with Crippen molar-refractivity contribution >= 4 is 0 Å². The first-order valence-corrected chi connectivity index (χ1v) is 7.74. The van der Waals surface area contributed by atoms with Crippen molar-refractivity contribution in [3.05, 3.63) is 33.9 Å². The summed E-state index contributed by atoms with van der Waals surface area (Å²) in [4.78, 5) is 0. The fourth-order valence-corrected chi connectivity index (χ4v) is 3.85. The highest BCUT2D eigenvalue weighted by molar-refractivity contribution is 5.46. The Morgan fingerprint density at radius 2 is 1.45 bits per heavy atom. The summed E-state index contributed by atoms with van der Waals surface area (Å²) in [6.45, 7) is 15.4. The third kappa shape index (κ3) is 2.40. The van der Waals surface area contributed by atoms with Crippen LogP contribution in [0.25, 0.3) is 0 Å². The molecule has 0 saturated carbocycles. The van der Waals surface area contributed by atoms with Gasteiger partial charge in [0.05, 0.1) is 12.2 Å². The van der Waals surface area contributed by atoms with E-state index < -0.39 is 0 Å². The Hall–Kier alpha value is -0.860. The highest BCUT2D eigenvalue weighted by Gasteiger charge is 2.41. The maximum absolute atomic E-state index is 6.70. The lowest BCUT2D eigenvalue weighted by molar-refractivity contribution is 0.0489. The molecule has 112 valence electrons. The van der Waals surface area contributed by atoms with Crippen LogP contribution in [-0.2, 0) is 4.74 Å². The van der Waals surface area contributed by atoms with Gasteiger partial charge in [0.1, 0.15) is 0 Å². The lowest BCUT2D eigenvalue weighted by Gasteiger charge is -2.29. The van der Waals surface area contributed by atoms with E-state index >= 15 is 0 Å². The molecule has 2 N–H and O–H groups in total. The number of benzene rings is 1. The molecule has 20 heavy (non-hydrogen) atoms. The summed E-state index contributed by atoms with van der Waals surface area (Å²) in [5, 5.41) is 0. The molecule has 1 aliphatic rings. The van der Waals surface area contributed by atoms with Crippen molar-refractivity contribution in [1.29, 1.82) is 0 Å². The molecule has 1 heterocycles. The van der Waals surface area contributed by atoms with Crippen LogP contribution in [0, 0.1) is 39.5 Å². The average Bonchev–Trinajstić information content (AvgIpc) is 2.61. The monoisotopic (exact) mass is 275 g/mol. The Balaban J connectivity index is 2.46. The van der Waals surface area contributed by atoms with E-state index in [1.165, 1.54) is 27.8 Å². The van der Waals surface area contributed by atoms with Crippen LogP contribution in [0.4, 0.5) is 0 Å². The molecular formula is C18H29NO. The number of nitrogens with two attached hydrogens (primary N) is 1. The van der Waals surface area contributed by atoms with Gasteiger partial charge in [-0.05, 0) is 75.3 Å². The summed E-state index contributed by atoms with van der Waals surface area (Å²) in [7, 11) is 0. The predicted molar refractivity (Wildman–Crippen MR) is 85.0 cm³/mol. The molecule has 0 aromatic heterocycles. The van der Waals surface area contributed by atoms with Gasteiger partial charge in [-0.15, -0.1) is 0 Å². The lowest BCUT2D eigenvalue weighted by Crippen LogP contribution is -2.32. The van der Waals surface area contributed by atoms with Crippen LogP contribution < -0.4 is 5.73 Å². The third-order valence-corrected chi connectivity index (χ3v) is 5.49. The largest absolute Gasteiger partial charge is 0.375 e. The molecule has 2 rings (SSSR count). The van der Waals surface area contributed by atoms with Crippen molar-refractivity contribution < 1.29 is 4.74 Å². The van der Waals surface area contributed by atoms with E-state index in [4.69, 9.17) is 10.5 Å². The number of hydrogen-bond acceptors (Lipinski definition) is 2. The molecule has 1 saturated heterocycles. The molecule has 1 aromatic carbocycles. The molecule has 5 atom stereocenters. The molecule has 0 radical (unpaired) electrons. The minimum Gasteiger partial charge on any atom is -0.375 e. The van der Waals surface area contributed by atoms with Crippen LogP contribution in [0.5, 0.6) is 0 Å². The van der Waals surface area contributed by atoms with E-state index in [0.717, 1.165) is 0 Å². The Morgan fingerprint density at radius 3 is 1.85 bits per heavy atom. The van der Waals surface area contributed by atoms with Gasteiger partial charge in [-0.2, -0.15) is 0 Å². The zero-order valence-electron chi connectivity index (χ0n) is 13.9. The topological polar surface area (TPSA) is 35.2 Å². The van der Waals surface area contributed by atoms with Gasteiger partial charge >= 0.3 is 0 Å². The van der Waals surface area contributed by atoms with Gasteiger partial charge in [-0.1, -0.05) is 13.0 Å². The number of aryl methyl sites for hydroxylation is 2. The Labute approximate surface area is 123 Å². The van der Waals surface area contributed by atoms with Crippen LogP contribution >= 0.6 is 0 Å². The summed E-state index contributed by atoms with van der Waals surface area (Å²) in [6, 6.07) is 2.32. The molecule has 1 fully saturated rings. The lowest BCUT2D eigenvalue weighted by atomic mass is 9.77. The maximum atomic E-state index is 6.70. The van der Waals surface area contributed by atoms with E-state index in [0.29, 0.717) is 17.9 Å². The quantitative estimate of drug-likeness (QED) is 0.886. The van der Waals surface area contributed by atoms with Crippen LogP contribution in [0.2, 0.25) is 0 Å². The highest BCUT2D eigenvalue weighted by Crippen LogP contribution is 2.41. The third-order valence-electron chi connectivity index (χ3n) is 5.49. The fourth-order valence-electron chi connectivity index (χ4n) is 3.85. The SMILES string of the molecule is Cc1cc(C)c(C)c(C(N)C2C(C)OC(C)C2C)c1C. The Morgan fingerprint density at radius 1 is 0.950 bits per heavy atom. The second-order valence-electron chi connectivity index (χ2n) is 6.68. The van der Waals surface area contributed by atoms with Gasteiger partial charge in [0.15, 0.2) is 0 Å². The molecule has 0 bridgehead atoms. The molecular weight excluding hydrogens is 246 g/mol. The molecule has 2 heteroatoms. The van der Waals surface area contributed by atoms with Gasteiger partial charge in [0, 0.05) is 12.0 Å². The first-order chi connectivity index (χ1) is 9.25. The normalized spacial score (nSPS) is 31.6.